The number of rotatable bonds is 3. The largest absolute Gasteiger partial charge is 0.342 e. The van der Waals surface area contributed by atoms with Gasteiger partial charge in [-0.15, -0.1) is 0 Å². The Kier molecular flexibility index (Phi) is 5.43. The van der Waals surface area contributed by atoms with E-state index < -0.39 is 0 Å². The Balaban J connectivity index is 1.30. The molecular weight excluding hydrogens is 346 g/mol. The second-order valence-electron chi connectivity index (χ2n) is 8.09. The first kappa shape index (κ1) is 18.4. The summed E-state index contributed by atoms with van der Waals surface area (Å²) in [6.45, 7) is 6.35. The highest BCUT2D eigenvalue weighted by Gasteiger charge is 2.37. The van der Waals surface area contributed by atoms with E-state index in [1.807, 2.05) is 9.80 Å². The molecule has 8 heteroatoms. The molecule has 4 heterocycles. The molecule has 148 valence electrons. The van der Waals surface area contributed by atoms with Crippen molar-refractivity contribution in [2.75, 3.05) is 39.3 Å². The molecule has 3 aliphatic heterocycles. The van der Waals surface area contributed by atoms with Crippen LogP contribution in [0.3, 0.4) is 0 Å². The molecule has 0 radical (unpaired) electrons. The van der Waals surface area contributed by atoms with Crippen LogP contribution in [-0.2, 0) is 9.59 Å². The highest BCUT2D eigenvalue weighted by atomic mass is 16.5. The summed E-state index contributed by atoms with van der Waals surface area (Å²) in [6.07, 6.45) is 4.60. The van der Waals surface area contributed by atoms with Gasteiger partial charge in [-0.25, -0.2) is 0 Å². The number of carbonyl (C=O) groups excluding carboxylic acids is 2. The van der Waals surface area contributed by atoms with Crippen LogP contribution in [0.1, 0.15) is 49.7 Å². The van der Waals surface area contributed by atoms with Crippen molar-refractivity contribution in [1.82, 2.24) is 25.3 Å². The zero-order chi connectivity index (χ0) is 18.8. The average Bonchev–Trinajstić information content (AvgIpc) is 3.39. The third-order valence-corrected chi connectivity index (χ3v) is 6.18. The minimum Gasteiger partial charge on any atom is -0.342 e. The fourth-order valence-corrected chi connectivity index (χ4v) is 4.61. The molecule has 0 spiro atoms. The summed E-state index contributed by atoms with van der Waals surface area (Å²) >= 11 is 0. The Bertz CT molecular complexity index is 677. The molecule has 0 saturated carbocycles. The fourth-order valence-electron chi connectivity index (χ4n) is 4.61. The van der Waals surface area contributed by atoms with E-state index in [-0.39, 0.29) is 29.6 Å². The molecule has 4 rings (SSSR count). The normalized spacial score (nSPS) is 27.1. The molecule has 1 N–H and O–H groups in total. The Hall–Kier alpha value is -1.96. The minimum atomic E-state index is -0.0979. The van der Waals surface area contributed by atoms with Gasteiger partial charge >= 0.3 is 0 Å². The number of hydrogen-bond donors (Lipinski definition) is 1. The number of aromatic nitrogens is 2. The van der Waals surface area contributed by atoms with Crippen molar-refractivity contribution in [1.29, 1.82) is 0 Å². The van der Waals surface area contributed by atoms with E-state index in [0.717, 1.165) is 57.7 Å². The Morgan fingerprint density at radius 1 is 1.00 bits per heavy atom. The molecule has 2 atom stereocenters. The monoisotopic (exact) mass is 375 g/mol. The quantitative estimate of drug-likeness (QED) is 0.845. The maximum absolute atomic E-state index is 13.0. The van der Waals surface area contributed by atoms with E-state index in [4.69, 9.17) is 4.52 Å². The van der Waals surface area contributed by atoms with Gasteiger partial charge in [0.1, 0.15) is 0 Å². The van der Waals surface area contributed by atoms with Crippen molar-refractivity contribution < 1.29 is 14.1 Å². The molecule has 0 aromatic carbocycles. The lowest BCUT2D eigenvalue weighted by molar-refractivity contribution is -0.140. The predicted octanol–water partition coefficient (Wildman–Crippen LogP) is 0.932. The van der Waals surface area contributed by atoms with Gasteiger partial charge in [0, 0.05) is 52.1 Å². The van der Waals surface area contributed by atoms with Crippen molar-refractivity contribution in [3.8, 4) is 0 Å². The van der Waals surface area contributed by atoms with Crippen molar-refractivity contribution in [3.63, 3.8) is 0 Å². The van der Waals surface area contributed by atoms with Gasteiger partial charge in [0.25, 0.3) is 0 Å². The van der Waals surface area contributed by atoms with Gasteiger partial charge in [0.05, 0.1) is 11.8 Å². The standard InChI is InChI=1S/C19H29N5O3/c1-13-21-17(22-27-13)14-4-8-24(9-5-14)19(26)16-10-15(11-20-12-16)18(25)23-6-2-3-7-23/h14-16,20H,2-12H2,1H3/t15-,16-/m0/s1. The minimum absolute atomic E-state index is 0.0642. The summed E-state index contributed by atoms with van der Waals surface area (Å²) in [6, 6.07) is 0. The third-order valence-electron chi connectivity index (χ3n) is 6.18. The number of hydrogen-bond acceptors (Lipinski definition) is 6. The second kappa shape index (κ2) is 7.96. The van der Waals surface area contributed by atoms with E-state index in [2.05, 4.69) is 15.5 Å². The lowest BCUT2D eigenvalue weighted by atomic mass is 9.87. The smallest absolute Gasteiger partial charge is 0.226 e. The van der Waals surface area contributed by atoms with E-state index in [0.29, 0.717) is 25.4 Å². The molecule has 0 unspecified atom stereocenters. The summed E-state index contributed by atoms with van der Waals surface area (Å²) in [5, 5.41) is 7.34. The summed E-state index contributed by atoms with van der Waals surface area (Å²) in [7, 11) is 0. The molecule has 1 aromatic rings. The van der Waals surface area contributed by atoms with Gasteiger partial charge in [-0.05, 0) is 32.1 Å². The molecule has 3 aliphatic rings. The molecule has 2 amide bonds. The van der Waals surface area contributed by atoms with Crippen LogP contribution in [0.5, 0.6) is 0 Å². The average molecular weight is 375 g/mol. The van der Waals surface area contributed by atoms with Crippen LogP contribution in [-0.4, -0.2) is 71.0 Å². The van der Waals surface area contributed by atoms with Crippen LogP contribution in [0.15, 0.2) is 4.52 Å². The molecule has 0 aliphatic carbocycles. The maximum Gasteiger partial charge on any atom is 0.226 e. The highest BCUT2D eigenvalue weighted by Crippen LogP contribution is 2.28. The Labute approximate surface area is 159 Å². The first-order valence-electron chi connectivity index (χ1n) is 10.2. The number of nitrogens with zero attached hydrogens (tertiary/aromatic N) is 4. The van der Waals surface area contributed by atoms with E-state index in [9.17, 15) is 9.59 Å². The van der Waals surface area contributed by atoms with Crippen LogP contribution < -0.4 is 5.32 Å². The number of likely N-dealkylation sites (tertiary alicyclic amines) is 2. The van der Waals surface area contributed by atoms with Crippen molar-refractivity contribution in [2.24, 2.45) is 11.8 Å². The van der Waals surface area contributed by atoms with E-state index in [1.165, 1.54) is 0 Å². The molecule has 1 aromatic heterocycles. The van der Waals surface area contributed by atoms with Gasteiger partial charge in [-0.3, -0.25) is 9.59 Å². The zero-order valence-electron chi connectivity index (χ0n) is 16.0. The number of nitrogens with one attached hydrogen (secondary N) is 1. The molecule has 3 fully saturated rings. The van der Waals surface area contributed by atoms with Crippen molar-refractivity contribution >= 4 is 11.8 Å². The van der Waals surface area contributed by atoms with Crippen molar-refractivity contribution in [3.05, 3.63) is 11.7 Å². The first-order chi connectivity index (χ1) is 13.1. The third kappa shape index (κ3) is 4.00. The van der Waals surface area contributed by atoms with Crippen LogP contribution in [0.4, 0.5) is 0 Å². The molecule has 27 heavy (non-hydrogen) atoms. The lowest BCUT2D eigenvalue weighted by Gasteiger charge is -2.36. The predicted molar refractivity (Wildman–Crippen MR) is 97.9 cm³/mol. The van der Waals surface area contributed by atoms with Gasteiger partial charge < -0.3 is 19.6 Å². The topological polar surface area (TPSA) is 91.6 Å². The Morgan fingerprint density at radius 2 is 1.59 bits per heavy atom. The SMILES string of the molecule is Cc1nc(C2CCN(C(=O)[C@@H]3CNC[C@@H](C(=O)N4CCCC4)C3)CC2)no1. The summed E-state index contributed by atoms with van der Waals surface area (Å²) < 4.78 is 5.08. The maximum atomic E-state index is 13.0. The number of piperidine rings is 2. The number of aryl methyl sites for hydroxylation is 1. The van der Waals surface area contributed by atoms with Crippen molar-refractivity contribution in [2.45, 2.75) is 44.9 Å². The van der Waals surface area contributed by atoms with E-state index in [1.54, 1.807) is 6.92 Å². The number of carbonyl (C=O) groups is 2. The zero-order valence-corrected chi connectivity index (χ0v) is 16.0. The van der Waals surface area contributed by atoms with Gasteiger partial charge in [0.15, 0.2) is 5.82 Å². The lowest BCUT2D eigenvalue weighted by Crippen LogP contribution is -2.50. The molecular formula is C19H29N5O3. The molecule has 3 saturated heterocycles. The van der Waals surface area contributed by atoms with Crippen LogP contribution >= 0.6 is 0 Å². The van der Waals surface area contributed by atoms with Crippen LogP contribution in [0.2, 0.25) is 0 Å². The summed E-state index contributed by atoms with van der Waals surface area (Å²) in [5.74, 6) is 1.86. The van der Waals surface area contributed by atoms with Crippen LogP contribution in [0, 0.1) is 18.8 Å². The van der Waals surface area contributed by atoms with Crippen LogP contribution in [0.25, 0.3) is 0 Å². The van der Waals surface area contributed by atoms with Gasteiger partial charge in [-0.2, -0.15) is 4.98 Å². The molecule has 8 nitrogen and oxygen atoms in total. The van der Waals surface area contributed by atoms with Gasteiger partial charge in [-0.1, -0.05) is 5.16 Å². The summed E-state index contributed by atoms with van der Waals surface area (Å²) in [5.41, 5.74) is 0. The second-order valence-corrected chi connectivity index (χ2v) is 8.09. The van der Waals surface area contributed by atoms with Gasteiger partial charge in [0.2, 0.25) is 17.7 Å². The molecule has 0 bridgehead atoms. The Morgan fingerprint density at radius 3 is 2.15 bits per heavy atom. The number of amides is 2. The fraction of sp³-hybridized carbons (Fsp3) is 0.789. The first-order valence-corrected chi connectivity index (χ1v) is 10.2. The summed E-state index contributed by atoms with van der Waals surface area (Å²) in [4.78, 5) is 33.9. The highest BCUT2D eigenvalue weighted by molar-refractivity contribution is 5.83. The van der Waals surface area contributed by atoms with E-state index >= 15 is 0 Å².